The lowest BCUT2D eigenvalue weighted by Gasteiger charge is -2.30. The average Bonchev–Trinajstić information content (AvgIpc) is 3.16. The Hall–Kier alpha value is -3.33. The zero-order valence-corrected chi connectivity index (χ0v) is 20.9. The van der Waals surface area contributed by atoms with E-state index in [0.29, 0.717) is 35.7 Å². The van der Waals surface area contributed by atoms with Crippen molar-refractivity contribution in [1.29, 1.82) is 0 Å². The van der Waals surface area contributed by atoms with Crippen LogP contribution in [0.15, 0.2) is 35.3 Å². The van der Waals surface area contributed by atoms with Gasteiger partial charge in [-0.15, -0.1) is 0 Å². The topological polar surface area (TPSA) is 92.6 Å². The summed E-state index contributed by atoms with van der Waals surface area (Å²) in [7, 11) is 3.43. The fourth-order valence-corrected chi connectivity index (χ4v) is 4.75. The van der Waals surface area contributed by atoms with Crippen molar-refractivity contribution in [2.45, 2.75) is 32.3 Å². The molecule has 10 heteroatoms. The molecule has 5 rings (SSSR count). The molecular formula is C25H29ClN6O3. The van der Waals surface area contributed by atoms with Gasteiger partial charge in [-0.1, -0.05) is 18.5 Å². The van der Waals surface area contributed by atoms with E-state index in [4.69, 9.17) is 16.3 Å². The lowest BCUT2D eigenvalue weighted by Crippen LogP contribution is -2.34. The molecule has 0 saturated carbocycles. The third-order valence-corrected chi connectivity index (χ3v) is 7.18. The first-order valence-electron chi connectivity index (χ1n) is 11.9. The van der Waals surface area contributed by atoms with Gasteiger partial charge in [0.25, 0.3) is 11.5 Å². The van der Waals surface area contributed by atoms with E-state index in [0.717, 1.165) is 42.5 Å². The minimum Gasteiger partial charge on any atom is -0.475 e. The molecule has 1 aromatic carbocycles. The molecule has 0 aliphatic carbocycles. The van der Waals surface area contributed by atoms with Gasteiger partial charge in [-0.25, -0.2) is 4.98 Å². The lowest BCUT2D eigenvalue weighted by atomic mass is 10.00. The maximum atomic E-state index is 12.8. The van der Waals surface area contributed by atoms with Crippen LogP contribution in [0.2, 0.25) is 5.02 Å². The van der Waals surface area contributed by atoms with E-state index in [2.05, 4.69) is 27.1 Å². The quantitative estimate of drug-likeness (QED) is 0.577. The molecule has 2 fully saturated rings. The van der Waals surface area contributed by atoms with Gasteiger partial charge in [0, 0.05) is 51.2 Å². The number of halogens is 1. The smallest absolute Gasteiger partial charge is 0.293 e. The van der Waals surface area contributed by atoms with Crippen molar-refractivity contribution < 1.29 is 9.53 Å². The lowest BCUT2D eigenvalue weighted by molar-refractivity contribution is -0.132. The van der Waals surface area contributed by atoms with Crippen molar-refractivity contribution in [3.05, 3.63) is 45.8 Å². The number of carbonyl (C=O) groups is 1. The summed E-state index contributed by atoms with van der Waals surface area (Å²) < 4.78 is 7.39. The van der Waals surface area contributed by atoms with Gasteiger partial charge < -0.3 is 24.4 Å². The summed E-state index contributed by atoms with van der Waals surface area (Å²) in [6.07, 6.45) is 3.78. The fraction of sp³-hybridized carbons (Fsp3) is 0.440. The van der Waals surface area contributed by atoms with E-state index in [1.165, 1.54) is 4.57 Å². The van der Waals surface area contributed by atoms with Gasteiger partial charge in [0.15, 0.2) is 17.7 Å². The molecule has 3 aromatic rings. The number of ether oxygens (including phenoxy) is 1. The Morgan fingerprint density at radius 3 is 2.57 bits per heavy atom. The van der Waals surface area contributed by atoms with Crippen molar-refractivity contribution in [3.8, 4) is 5.75 Å². The maximum absolute atomic E-state index is 12.8. The van der Waals surface area contributed by atoms with E-state index in [9.17, 15) is 9.59 Å². The van der Waals surface area contributed by atoms with Crippen molar-refractivity contribution in [1.82, 2.24) is 19.4 Å². The Kier molecular flexibility index (Phi) is 6.27. The summed E-state index contributed by atoms with van der Waals surface area (Å²) in [4.78, 5) is 38.0. The molecule has 0 bridgehead atoms. The van der Waals surface area contributed by atoms with Gasteiger partial charge in [-0.3, -0.25) is 9.59 Å². The van der Waals surface area contributed by atoms with Gasteiger partial charge in [0.1, 0.15) is 5.02 Å². The van der Waals surface area contributed by atoms with E-state index in [1.807, 2.05) is 18.2 Å². The molecular weight excluding hydrogens is 468 g/mol. The third kappa shape index (κ3) is 4.65. The molecule has 2 aliphatic heterocycles. The van der Waals surface area contributed by atoms with Gasteiger partial charge in [-0.2, -0.15) is 4.98 Å². The van der Waals surface area contributed by atoms with Gasteiger partial charge >= 0.3 is 0 Å². The van der Waals surface area contributed by atoms with Crippen LogP contribution >= 0.6 is 11.6 Å². The number of likely N-dealkylation sites (tertiary alicyclic amines) is 1. The highest BCUT2D eigenvalue weighted by Crippen LogP contribution is 2.29. The van der Waals surface area contributed by atoms with E-state index < -0.39 is 6.10 Å². The third-order valence-electron chi connectivity index (χ3n) is 6.90. The Labute approximate surface area is 208 Å². The van der Waals surface area contributed by atoms with Crippen molar-refractivity contribution in [2.24, 2.45) is 13.0 Å². The number of likely N-dealkylation sites (N-methyl/N-ethyl adjacent to an activating group) is 1. The van der Waals surface area contributed by atoms with E-state index in [-0.39, 0.29) is 17.2 Å². The molecule has 4 heterocycles. The van der Waals surface area contributed by atoms with E-state index in [1.54, 1.807) is 31.3 Å². The number of piperidine rings is 1. The maximum Gasteiger partial charge on any atom is 0.293 e. The molecule has 2 saturated heterocycles. The summed E-state index contributed by atoms with van der Waals surface area (Å²) >= 11 is 6.41. The summed E-state index contributed by atoms with van der Waals surface area (Å²) in [5, 5.41) is 4.51. The molecule has 1 amide bonds. The Bertz CT molecular complexity index is 1330. The van der Waals surface area contributed by atoms with Crippen molar-refractivity contribution >= 4 is 45.9 Å². The number of pyridine rings is 1. The second-order valence-electron chi connectivity index (χ2n) is 9.46. The number of aryl methyl sites for hydroxylation is 1. The molecule has 184 valence electrons. The monoisotopic (exact) mass is 496 g/mol. The van der Waals surface area contributed by atoms with Crippen LogP contribution in [0.5, 0.6) is 5.75 Å². The number of fused-ring (bicyclic) bond motifs is 1. The minimum atomic E-state index is -0.637. The predicted molar refractivity (Wildman–Crippen MR) is 137 cm³/mol. The number of anilines is 3. The van der Waals surface area contributed by atoms with Crippen LogP contribution in [-0.2, 0) is 11.8 Å². The Morgan fingerprint density at radius 2 is 1.86 bits per heavy atom. The number of benzene rings is 1. The zero-order valence-electron chi connectivity index (χ0n) is 20.1. The summed E-state index contributed by atoms with van der Waals surface area (Å²) in [5.41, 5.74) is 1.23. The van der Waals surface area contributed by atoms with Crippen LogP contribution in [0.1, 0.15) is 26.2 Å². The van der Waals surface area contributed by atoms with Gasteiger partial charge in [0.2, 0.25) is 5.95 Å². The number of rotatable bonds is 5. The largest absolute Gasteiger partial charge is 0.475 e. The van der Waals surface area contributed by atoms with E-state index >= 15 is 0 Å². The molecule has 9 nitrogen and oxygen atoms in total. The first-order chi connectivity index (χ1) is 16.8. The number of nitrogens with one attached hydrogen (secondary N) is 1. The highest BCUT2D eigenvalue weighted by molar-refractivity contribution is 6.32. The number of hydrogen-bond acceptors (Lipinski definition) is 7. The highest BCUT2D eigenvalue weighted by atomic mass is 35.5. The Morgan fingerprint density at radius 1 is 1.09 bits per heavy atom. The summed E-state index contributed by atoms with van der Waals surface area (Å²) in [5.74, 6) is 1.95. The first kappa shape index (κ1) is 23.4. The number of amides is 1. The SMILES string of the molecule is CC1CCN(c2ncc(Cl)c(Nc3ccc4c(c3)cc(O[C@@H]3CCN(C)C3=O)c(=O)n4C)n2)CC1. The number of aromatic nitrogens is 3. The van der Waals surface area contributed by atoms with Crippen molar-refractivity contribution in [3.63, 3.8) is 0 Å². The summed E-state index contributed by atoms with van der Waals surface area (Å²) in [6.45, 7) is 4.73. The number of hydrogen-bond donors (Lipinski definition) is 1. The standard InChI is InChI=1S/C25H29ClN6O3/c1-15-6-10-32(11-7-15)25-27-14-18(26)22(29-25)28-17-4-5-19-16(12-17)13-21(24(34)31(19)3)35-20-8-9-30(2)23(20)33/h4-5,12-15,20H,6-11H2,1-3H3,(H,27,28,29)/t20-/m1/s1. The molecule has 2 aromatic heterocycles. The van der Waals surface area contributed by atoms with Crippen molar-refractivity contribution in [2.75, 3.05) is 36.9 Å². The minimum absolute atomic E-state index is 0.111. The van der Waals surface area contributed by atoms with Gasteiger partial charge in [0.05, 0.1) is 11.7 Å². The van der Waals surface area contributed by atoms with Crippen LogP contribution in [-0.4, -0.2) is 58.1 Å². The second kappa shape index (κ2) is 9.37. The average molecular weight is 497 g/mol. The molecule has 0 radical (unpaired) electrons. The van der Waals surface area contributed by atoms with Crippen LogP contribution in [0.25, 0.3) is 10.9 Å². The molecule has 1 N–H and O–H groups in total. The molecule has 0 spiro atoms. The number of nitrogens with zero attached hydrogens (tertiary/aromatic N) is 5. The number of carbonyl (C=O) groups excluding carboxylic acids is 1. The molecule has 2 aliphatic rings. The van der Waals surface area contributed by atoms with Gasteiger partial charge in [-0.05, 0) is 43.0 Å². The second-order valence-corrected chi connectivity index (χ2v) is 9.87. The zero-order chi connectivity index (χ0) is 24.7. The van der Waals surface area contributed by atoms with Crippen LogP contribution in [0.3, 0.4) is 0 Å². The molecule has 0 unspecified atom stereocenters. The molecule has 1 atom stereocenters. The predicted octanol–water partition coefficient (Wildman–Crippen LogP) is 3.57. The van der Waals surface area contributed by atoms with Crippen LogP contribution in [0.4, 0.5) is 17.5 Å². The first-order valence-corrected chi connectivity index (χ1v) is 12.3. The van der Waals surface area contributed by atoms with Crippen LogP contribution in [0, 0.1) is 5.92 Å². The fourth-order valence-electron chi connectivity index (χ4n) is 4.61. The summed E-state index contributed by atoms with van der Waals surface area (Å²) in [6, 6.07) is 7.33. The highest BCUT2D eigenvalue weighted by Gasteiger charge is 2.31. The molecule has 35 heavy (non-hydrogen) atoms. The Balaban J connectivity index is 1.42. The van der Waals surface area contributed by atoms with Crippen LogP contribution < -0.4 is 20.5 Å². The normalized spacial score (nSPS) is 19.0.